The number of carbonyl (C=O) groups is 1. The van der Waals surface area contributed by atoms with Crippen LogP contribution in [0.3, 0.4) is 0 Å². The van der Waals surface area contributed by atoms with Crippen molar-refractivity contribution in [1.29, 1.82) is 0 Å². The second kappa shape index (κ2) is 7.06. The molecule has 0 radical (unpaired) electrons. The van der Waals surface area contributed by atoms with Crippen LogP contribution in [0.1, 0.15) is 22.0 Å². The van der Waals surface area contributed by atoms with Crippen LogP contribution in [0.25, 0.3) is 5.69 Å². The van der Waals surface area contributed by atoms with Crippen molar-refractivity contribution < 1.29 is 14.3 Å². The minimum Gasteiger partial charge on any atom is -0.387 e. The van der Waals surface area contributed by atoms with Gasteiger partial charge in [-0.3, -0.25) is 4.79 Å². The maximum atomic E-state index is 12.9. The first kappa shape index (κ1) is 15.9. The predicted molar refractivity (Wildman–Crippen MR) is 87.3 cm³/mol. The fraction of sp³-hybridized carbons (Fsp3) is 0.111. The molecule has 0 aliphatic heterocycles. The van der Waals surface area contributed by atoms with Crippen LogP contribution in [0.5, 0.6) is 0 Å². The highest BCUT2D eigenvalue weighted by molar-refractivity contribution is 5.94. The number of aromatic nitrogens is 2. The Bertz CT molecular complexity index is 817. The predicted octanol–water partition coefficient (Wildman–Crippen LogP) is 2.47. The highest BCUT2D eigenvalue weighted by Gasteiger charge is 2.11. The van der Waals surface area contributed by atoms with Crippen molar-refractivity contribution in [1.82, 2.24) is 14.9 Å². The van der Waals surface area contributed by atoms with Gasteiger partial charge < -0.3 is 15.0 Å². The summed E-state index contributed by atoms with van der Waals surface area (Å²) in [6.45, 7) is 0.0414. The maximum absolute atomic E-state index is 12.9. The van der Waals surface area contributed by atoms with Crippen LogP contribution in [0.2, 0.25) is 0 Å². The lowest BCUT2D eigenvalue weighted by atomic mass is 10.1. The van der Waals surface area contributed by atoms with E-state index in [-0.39, 0.29) is 18.3 Å². The summed E-state index contributed by atoms with van der Waals surface area (Å²) < 4.78 is 14.7. The molecule has 1 amide bonds. The van der Waals surface area contributed by atoms with E-state index >= 15 is 0 Å². The standard InChI is InChI=1S/C18H16FN3O2/c19-15-6-4-13(5-7-15)17(23)11-21-18(24)14-2-1-3-16(10-14)22-9-8-20-12-22/h1-10,12,17,23H,11H2,(H,21,24). The van der Waals surface area contributed by atoms with Crippen LogP contribution in [0.4, 0.5) is 4.39 Å². The molecular weight excluding hydrogens is 309 g/mol. The quantitative estimate of drug-likeness (QED) is 0.757. The van der Waals surface area contributed by atoms with Crippen molar-refractivity contribution in [3.8, 4) is 5.69 Å². The highest BCUT2D eigenvalue weighted by Crippen LogP contribution is 2.14. The van der Waals surface area contributed by atoms with Gasteiger partial charge in [-0.05, 0) is 35.9 Å². The first-order valence-corrected chi connectivity index (χ1v) is 7.43. The van der Waals surface area contributed by atoms with Crippen molar-refractivity contribution in [2.45, 2.75) is 6.10 Å². The van der Waals surface area contributed by atoms with Crippen LogP contribution in [0.15, 0.2) is 67.3 Å². The Morgan fingerprint density at radius 2 is 2.04 bits per heavy atom. The summed E-state index contributed by atoms with van der Waals surface area (Å²) in [6, 6.07) is 12.6. The second-order valence-electron chi connectivity index (χ2n) is 5.30. The minimum atomic E-state index is -0.897. The minimum absolute atomic E-state index is 0.0414. The summed E-state index contributed by atoms with van der Waals surface area (Å²) in [6.07, 6.45) is 4.20. The molecule has 3 rings (SSSR count). The number of rotatable bonds is 5. The number of aliphatic hydroxyl groups is 1. The smallest absolute Gasteiger partial charge is 0.251 e. The zero-order chi connectivity index (χ0) is 16.9. The van der Waals surface area contributed by atoms with Crippen LogP contribution in [-0.4, -0.2) is 27.1 Å². The maximum Gasteiger partial charge on any atom is 0.251 e. The van der Waals surface area contributed by atoms with E-state index in [1.807, 2.05) is 6.07 Å². The fourth-order valence-electron chi connectivity index (χ4n) is 2.31. The number of amides is 1. The summed E-state index contributed by atoms with van der Waals surface area (Å²) in [5.74, 6) is -0.663. The number of aliphatic hydroxyl groups excluding tert-OH is 1. The number of hydrogen-bond donors (Lipinski definition) is 2. The Kier molecular flexibility index (Phi) is 4.67. The van der Waals surface area contributed by atoms with Gasteiger partial charge in [-0.15, -0.1) is 0 Å². The molecule has 24 heavy (non-hydrogen) atoms. The number of hydrogen-bond acceptors (Lipinski definition) is 3. The first-order valence-electron chi connectivity index (χ1n) is 7.43. The number of benzene rings is 2. The molecule has 1 unspecified atom stereocenters. The first-order chi connectivity index (χ1) is 11.6. The van der Waals surface area contributed by atoms with Gasteiger partial charge in [-0.1, -0.05) is 18.2 Å². The van der Waals surface area contributed by atoms with E-state index in [1.165, 1.54) is 24.3 Å². The normalized spacial score (nSPS) is 11.9. The van der Waals surface area contributed by atoms with Gasteiger partial charge >= 0.3 is 0 Å². The van der Waals surface area contributed by atoms with Crippen molar-refractivity contribution in [2.75, 3.05) is 6.54 Å². The zero-order valence-corrected chi connectivity index (χ0v) is 12.8. The van der Waals surface area contributed by atoms with Crippen LogP contribution in [-0.2, 0) is 0 Å². The Morgan fingerprint density at radius 1 is 1.25 bits per heavy atom. The third-order valence-corrected chi connectivity index (χ3v) is 3.62. The molecule has 0 aliphatic carbocycles. The lowest BCUT2D eigenvalue weighted by molar-refractivity contribution is 0.0916. The molecule has 1 heterocycles. The van der Waals surface area contributed by atoms with Crippen LogP contribution in [0, 0.1) is 5.82 Å². The number of imidazole rings is 1. The van der Waals surface area contributed by atoms with Crippen LogP contribution >= 0.6 is 0 Å². The zero-order valence-electron chi connectivity index (χ0n) is 12.8. The van der Waals surface area contributed by atoms with E-state index < -0.39 is 6.10 Å². The number of carbonyl (C=O) groups excluding carboxylic acids is 1. The lowest BCUT2D eigenvalue weighted by Crippen LogP contribution is -2.28. The van der Waals surface area contributed by atoms with Gasteiger partial charge in [0.15, 0.2) is 0 Å². The summed E-state index contributed by atoms with van der Waals surface area (Å²) in [4.78, 5) is 16.2. The molecule has 1 aromatic heterocycles. The summed E-state index contributed by atoms with van der Waals surface area (Å²) in [5.41, 5.74) is 1.84. The fourth-order valence-corrected chi connectivity index (χ4v) is 2.31. The largest absolute Gasteiger partial charge is 0.387 e. The van der Waals surface area contributed by atoms with Gasteiger partial charge in [0.25, 0.3) is 5.91 Å². The molecule has 6 heteroatoms. The molecule has 0 aliphatic rings. The molecule has 1 atom stereocenters. The molecule has 122 valence electrons. The topological polar surface area (TPSA) is 67.2 Å². The van der Waals surface area contributed by atoms with Gasteiger partial charge in [0, 0.05) is 30.2 Å². The average molecular weight is 325 g/mol. The Morgan fingerprint density at radius 3 is 2.75 bits per heavy atom. The summed E-state index contributed by atoms with van der Waals surface area (Å²) >= 11 is 0. The molecule has 2 N–H and O–H groups in total. The number of halogens is 1. The van der Waals surface area contributed by atoms with E-state index in [0.29, 0.717) is 11.1 Å². The summed E-state index contributed by atoms with van der Waals surface area (Å²) in [7, 11) is 0. The van der Waals surface area contributed by atoms with Crippen molar-refractivity contribution >= 4 is 5.91 Å². The molecule has 0 bridgehead atoms. The molecular formula is C18H16FN3O2. The van der Waals surface area contributed by atoms with Gasteiger partial charge in [0.2, 0.25) is 0 Å². The van der Waals surface area contributed by atoms with Gasteiger partial charge in [0.05, 0.1) is 12.4 Å². The number of nitrogens with one attached hydrogen (secondary N) is 1. The van der Waals surface area contributed by atoms with Crippen molar-refractivity contribution in [3.63, 3.8) is 0 Å². The molecule has 0 saturated heterocycles. The molecule has 0 spiro atoms. The Hall–Kier alpha value is -2.99. The monoisotopic (exact) mass is 325 g/mol. The van der Waals surface area contributed by atoms with E-state index in [1.54, 1.807) is 41.5 Å². The summed E-state index contributed by atoms with van der Waals surface area (Å²) in [5, 5.41) is 12.7. The van der Waals surface area contributed by atoms with Crippen molar-refractivity contribution in [2.24, 2.45) is 0 Å². The SMILES string of the molecule is O=C(NCC(O)c1ccc(F)cc1)c1cccc(-n2ccnc2)c1. The van der Waals surface area contributed by atoms with Crippen LogP contribution < -0.4 is 5.32 Å². The highest BCUT2D eigenvalue weighted by atomic mass is 19.1. The molecule has 5 nitrogen and oxygen atoms in total. The molecule has 0 saturated carbocycles. The van der Waals surface area contributed by atoms with Crippen molar-refractivity contribution in [3.05, 3.63) is 84.2 Å². The number of nitrogens with zero attached hydrogens (tertiary/aromatic N) is 2. The van der Waals surface area contributed by atoms with Gasteiger partial charge in [0.1, 0.15) is 5.82 Å². The Labute approximate surface area is 138 Å². The molecule has 0 fully saturated rings. The third-order valence-electron chi connectivity index (χ3n) is 3.62. The third kappa shape index (κ3) is 3.67. The molecule has 3 aromatic rings. The average Bonchev–Trinajstić information content (AvgIpc) is 3.15. The second-order valence-corrected chi connectivity index (χ2v) is 5.30. The van der Waals surface area contributed by atoms with E-state index in [2.05, 4.69) is 10.3 Å². The Balaban J connectivity index is 1.65. The van der Waals surface area contributed by atoms with Gasteiger partial charge in [-0.2, -0.15) is 0 Å². The molecule has 2 aromatic carbocycles. The van der Waals surface area contributed by atoms with E-state index in [9.17, 15) is 14.3 Å². The van der Waals surface area contributed by atoms with E-state index in [0.717, 1.165) is 5.69 Å². The van der Waals surface area contributed by atoms with E-state index in [4.69, 9.17) is 0 Å². The lowest BCUT2D eigenvalue weighted by Gasteiger charge is -2.13. The van der Waals surface area contributed by atoms with Gasteiger partial charge in [-0.25, -0.2) is 9.37 Å².